The summed E-state index contributed by atoms with van der Waals surface area (Å²) in [5.74, 6) is -6.80. The maximum absolute atomic E-state index is 14.7. The molecule has 1 fully saturated rings. The standard InChI is InChI=1S/C46H55N3O11/c1-21-15-18-58-46(8)44(56)33-31-32(40(54)27(7)42(33)60-46)41(55)36(43-35(31)47-34-29(50)19-28(20-30(34)59-43)49-16-10-9-11-17-49)48-45(57)23(3)14-12-13-22(2)37(51)25(5)39(53)26(6)38(52)24(21)4/h12-15,18-22,24-26,37-39,50-54H,9-11,16-17H2,1-8H3,(H,48,57)/b13-12+,18-15+,23-14-/t21-,22-,24+,25+,26-,37-,38+,39+,46-/m0/s1. The largest absolute Gasteiger partial charge is 0.507 e. The van der Waals surface area contributed by atoms with Gasteiger partial charge >= 0.3 is 5.79 Å². The zero-order valence-corrected chi connectivity index (χ0v) is 35.3. The number of aliphatic hydroxyl groups excluding tert-OH is 3. The Morgan fingerprint density at radius 3 is 2.22 bits per heavy atom. The van der Waals surface area contributed by atoms with E-state index in [0.29, 0.717) is 5.69 Å². The number of fused-ring (bicyclic) bond motifs is 14. The Kier molecular flexibility index (Phi) is 11.5. The maximum Gasteiger partial charge on any atom is 0.312 e. The van der Waals surface area contributed by atoms with Crippen molar-refractivity contribution in [2.45, 2.75) is 98.8 Å². The molecule has 0 radical (unpaired) electrons. The number of aliphatic hydroxyl groups is 3. The minimum Gasteiger partial charge on any atom is -0.507 e. The lowest BCUT2D eigenvalue weighted by atomic mass is 9.77. The summed E-state index contributed by atoms with van der Waals surface area (Å²) in [5.41, 5.74) is -0.349. The van der Waals surface area contributed by atoms with Crippen LogP contribution in [0.1, 0.15) is 83.7 Å². The Morgan fingerprint density at radius 2 is 1.52 bits per heavy atom. The summed E-state index contributed by atoms with van der Waals surface area (Å²) < 4.78 is 18.7. The van der Waals surface area contributed by atoms with Crippen molar-refractivity contribution in [1.29, 1.82) is 0 Å². The third-order valence-corrected chi connectivity index (χ3v) is 13.0. The van der Waals surface area contributed by atoms with Crippen LogP contribution in [0.25, 0.3) is 33.3 Å². The molecule has 0 saturated carbocycles. The van der Waals surface area contributed by atoms with Crippen LogP contribution in [0.3, 0.4) is 0 Å². The van der Waals surface area contributed by atoms with Crippen LogP contribution in [0, 0.1) is 36.5 Å². The second-order valence-electron chi connectivity index (χ2n) is 17.2. The van der Waals surface area contributed by atoms with E-state index in [-0.39, 0.29) is 73.1 Å². The molecule has 2 aromatic carbocycles. The van der Waals surface area contributed by atoms with Crippen molar-refractivity contribution in [3.8, 4) is 28.7 Å². The molecule has 1 amide bonds. The van der Waals surface area contributed by atoms with E-state index in [1.54, 1.807) is 51.1 Å². The molecule has 5 heterocycles. The Labute approximate surface area is 348 Å². The van der Waals surface area contributed by atoms with Crippen LogP contribution in [0.15, 0.2) is 57.5 Å². The maximum atomic E-state index is 14.7. The second-order valence-corrected chi connectivity index (χ2v) is 17.2. The highest BCUT2D eigenvalue weighted by Gasteiger charge is 2.50. The number of carbonyl (C=O) groups is 2. The number of aromatic nitrogens is 1. The number of aromatic hydroxyl groups is 2. The van der Waals surface area contributed by atoms with Gasteiger partial charge in [0.1, 0.15) is 34.1 Å². The first-order valence-electron chi connectivity index (χ1n) is 20.7. The molecule has 14 nitrogen and oxygen atoms in total. The molecule has 14 heteroatoms. The van der Waals surface area contributed by atoms with Crippen molar-refractivity contribution in [2.75, 3.05) is 23.3 Å². The van der Waals surface area contributed by atoms with Crippen LogP contribution >= 0.6 is 0 Å². The number of nitrogens with zero attached hydrogens (tertiary/aromatic N) is 2. The number of phenols is 2. The number of ketones is 1. The monoisotopic (exact) mass is 825 g/mol. The first kappa shape index (κ1) is 42.7. The van der Waals surface area contributed by atoms with Gasteiger partial charge in [-0.3, -0.25) is 14.4 Å². The molecule has 5 aliphatic heterocycles. The van der Waals surface area contributed by atoms with Gasteiger partial charge in [-0.15, -0.1) is 0 Å². The molecule has 0 spiro atoms. The number of carbonyl (C=O) groups excluding carboxylic acids is 2. The zero-order valence-electron chi connectivity index (χ0n) is 35.3. The van der Waals surface area contributed by atoms with Gasteiger partial charge in [0.2, 0.25) is 5.43 Å². The van der Waals surface area contributed by atoms with E-state index in [4.69, 9.17) is 18.9 Å². The molecular formula is C46H55N3O11. The molecular weight excluding hydrogens is 771 g/mol. The molecule has 6 aliphatic rings. The minimum atomic E-state index is -1.98. The van der Waals surface area contributed by atoms with Crippen LogP contribution in [-0.4, -0.2) is 79.4 Å². The summed E-state index contributed by atoms with van der Waals surface area (Å²) in [6.07, 6.45) is 7.74. The zero-order chi connectivity index (χ0) is 43.5. The second kappa shape index (κ2) is 16.2. The van der Waals surface area contributed by atoms with Crippen molar-refractivity contribution < 1.29 is 49.0 Å². The van der Waals surface area contributed by atoms with Gasteiger partial charge < -0.3 is 49.6 Å². The van der Waals surface area contributed by atoms with E-state index in [2.05, 4.69) is 10.2 Å². The van der Waals surface area contributed by atoms with E-state index in [1.165, 1.54) is 33.1 Å². The number of benzene rings is 3. The van der Waals surface area contributed by atoms with Crippen molar-refractivity contribution >= 4 is 44.9 Å². The SMILES string of the molecule is C/C1=C/C=C/[C@H](C)[C@H](O)[C@@H](C)[C@@H](O)[C@@H](C)[C@H](O)[C@H](C)[C@@H](C)/C=C/O[C@@]2(C)Oc3c(C)c(O)c4c(=O)c(c5oc6cc(N7CCCCC7)cc(O)c6nc-5c4c3C2=O)NC1=O. The first-order valence-corrected chi connectivity index (χ1v) is 20.7. The number of hydrogen-bond acceptors (Lipinski definition) is 13. The Balaban J connectivity index is 1.45. The lowest BCUT2D eigenvalue weighted by molar-refractivity contribution is -0.112. The molecule has 6 N–H and O–H groups in total. The van der Waals surface area contributed by atoms with E-state index in [9.17, 15) is 39.9 Å². The fourth-order valence-electron chi connectivity index (χ4n) is 8.69. The summed E-state index contributed by atoms with van der Waals surface area (Å²) >= 11 is 0. The number of Topliss-reactive ketones (excluding diaryl/α,β-unsaturated/α-hetero) is 1. The van der Waals surface area contributed by atoms with Gasteiger partial charge in [0.05, 0.1) is 35.5 Å². The van der Waals surface area contributed by atoms with Crippen molar-refractivity contribution in [3.63, 3.8) is 0 Å². The summed E-state index contributed by atoms with van der Waals surface area (Å²) in [5, 5.41) is 59.3. The highest BCUT2D eigenvalue weighted by Crippen LogP contribution is 2.51. The number of piperidine rings is 1. The number of anilines is 2. The summed E-state index contributed by atoms with van der Waals surface area (Å²) in [6.45, 7) is 14.8. The van der Waals surface area contributed by atoms with Crippen molar-refractivity contribution in [1.82, 2.24) is 4.98 Å². The van der Waals surface area contributed by atoms with Crippen LogP contribution in [0.5, 0.6) is 17.2 Å². The molecule has 9 atom stereocenters. The molecule has 0 aromatic heterocycles. The summed E-state index contributed by atoms with van der Waals surface area (Å²) in [4.78, 5) is 50.1. The van der Waals surface area contributed by atoms with Crippen LogP contribution in [0.4, 0.5) is 11.4 Å². The molecule has 0 unspecified atom stereocenters. The Bertz CT molecular complexity index is 2480. The van der Waals surface area contributed by atoms with Crippen LogP contribution in [0.2, 0.25) is 0 Å². The molecule has 1 aliphatic carbocycles. The van der Waals surface area contributed by atoms with E-state index >= 15 is 0 Å². The number of rotatable bonds is 1. The fraction of sp³-hybridized carbons (Fsp3) is 0.478. The average molecular weight is 826 g/mol. The van der Waals surface area contributed by atoms with Gasteiger partial charge in [0.15, 0.2) is 11.3 Å². The lowest BCUT2D eigenvalue weighted by Gasteiger charge is -2.35. The van der Waals surface area contributed by atoms with E-state index < -0.39 is 70.6 Å². The smallest absolute Gasteiger partial charge is 0.312 e. The quantitative estimate of drug-likeness (QED) is 0.0873. The van der Waals surface area contributed by atoms with Gasteiger partial charge in [0.25, 0.3) is 11.7 Å². The highest BCUT2D eigenvalue weighted by molar-refractivity contribution is 6.22. The topological polar surface area (TPSA) is 212 Å². The van der Waals surface area contributed by atoms with Gasteiger partial charge in [-0.05, 0) is 51.0 Å². The van der Waals surface area contributed by atoms with Crippen LogP contribution < -0.4 is 20.4 Å². The van der Waals surface area contributed by atoms with Gasteiger partial charge in [-0.25, -0.2) is 4.98 Å². The summed E-state index contributed by atoms with van der Waals surface area (Å²) in [7, 11) is 0. The molecule has 8 rings (SSSR count). The van der Waals surface area contributed by atoms with E-state index in [1.807, 2.05) is 13.8 Å². The number of ether oxygens (including phenoxy) is 2. The molecule has 1 saturated heterocycles. The third kappa shape index (κ3) is 7.28. The number of nitrogens with one attached hydrogen (secondary N) is 1. The first-order chi connectivity index (χ1) is 28.4. The van der Waals surface area contributed by atoms with Gasteiger partial charge in [-0.1, -0.05) is 52.8 Å². The van der Waals surface area contributed by atoms with Crippen LogP contribution in [-0.2, 0) is 9.53 Å². The number of amides is 1. The van der Waals surface area contributed by atoms with Crippen molar-refractivity contribution in [3.05, 3.63) is 69.6 Å². The predicted octanol–water partition coefficient (Wildman–Crippen LogP) is 6.70. The Hall–Kier alpha value is -5.44. The number of hydrogen-bond donors (Lipinski definition) is 6. The predicted molar refractivity (Wildman–Crippen MR) is 227 cm³/mol. The average Bonchev–Trinajstić information content (AvgIpc) is 3.50. The van der Waals surface area contributed by atoms with Crippen molar-refractivity contribution in [2.24, 2.45) is 29.6 Å². The van der Waals surface area contributed by atoms with Gasteiger partial charge in [0, 0.05) is 72.1 Å². The summed E-state index contributed by atoms with van der Waals surface area (Å²) in [6, 6.07) is 3.29. The molecule has 5 bridgehead atoms. The van der Waals surface area contributed by atoms with E-state index in [0.717, 1.165) is 32.4 Å². The lowest BCUT2D eigenvalue weighted by Crippen LogP contribution is -2.43. The third-order valence-electron chi connectivity index (χ3n) is 13.0. The van der Waals surface area contributed by atoms with Gasteiger partial charge in [-0.2, -0.15) is 0 Å². The number of phenolic OH excluding ortho intramolecular Hbond substituents is 2. The highest BCUT2D eigenvalue weighted by atomic mass is 16.7. The molecule has 320 valence electrons. The molecule has 60 heavy (non-hydrogen) atoms. The molecule has 2 aromatic rings. The fourth-order valence-corrected chi connectivity index (χ4v) is 8.69. The Morgan fingerprint density at radius 1 is 0.850 bits per heavy atom. The normalized spacial score (nSPS) is 31.5. The minimum absolute atomic E-state index is 0.0229. The number of allylic oxidation sites excluding steroid dienone is 3.